The lowest BCUT2D eigenvalue weighted by molar-refractivity contribution is 0.189. The van der Waals surface area contributed by atoms with Gasteiger partial charge in [0.05, 0.1) is 11.7 Å². The van der Waals surface area contributed by atoms with Gasteiger partial charge in [-0.1, -0.05) is 83.3 Å². The Morgan fingerprint density at radius 2 is 1.74 bits per heavy atom. The Balaban J connectivity index is 1.53. The molecule has 2 aromatic carbocycles. The number of benzene rings is 2. The van der Waals surface area contributed by atoms with E-state index in [2.05, 4.69) is 69.7 Å². The molecule has 4 nitrogen and oxygen atoms in total. The lowest BCUT2D eigenvalue weighted by atomic mass is 10.0. The zero-order valence-electron chi connectivity index (χ0n) is 15.4. The molecular weight excluding hydrogens is 449 g/mol. The number of aromatic amines is 1. The molecule has 4 rings (SSSR count). The van der Waals surface area contributed by atoms with E-state index >= 15 is 0 Å². The van der Waals surface area contributed by atoms with Crippen molar-refractivity contribution in [3.05, 3.63) is 82.4 Å². The van der Waals surface area contributed by atoms with E-state index in [0.717, 1.165) is 43.0 Å². The van der Waals surface area contributed by atoms with E-state index in [1.54, 1.807) is 0 Å². The summed E-state index contributed by atoms with van der Waals surface area (Å²) >= 11 is 2.52. The molecule has 0 bridgehead atoms. The van der Waals surface area contributed by atoms with Crippen molar-refractivity contribution in [1.82, 2.24) is 14.5 Å². The van der Waals surface area contributed by atoms with Crippen LogP contribution in [0.25, 0.3) is 11.3 Å². The van der Waals surface area contributed by atoms with E-state index in [1.807, 2.05) is 34.9 Å². The highest BCUT2D eigenvalue weighted by Crippen LogP contribution is 2.31. The molecule has 0 saturated carbocycles. The van der Waals surface area contributed by atoms with Crippen molar-refractivity contribution >= 4 is 22.6 Å². The number of piperidine rings is 1. The van der Waals surface area contributed by atoms with Gasteiger partial charge >= 0.3 is 5.69 Å². The number of rotatable bonds is 4. The molecule has 3 aromatic rings. The molecule has 2 atom stereocenters. The summed E-state index contributed by atoms with van der Waals surface area (Å²) in [5.74, 6) is 0. The topological polar surface area (TPSA) is 41.0 Å². The number of imidazole rings is 1. The van der Waals surface area contributed by atoms with E-state index in [-0.39, 0.29) is 11.7 Å². The Kier molecular flexibility index (Phi) is 5.50. The van der Waals surface area contributed by atoms with E-state index in [0.29, 0.717) is 3.92 Å². The van der Waals surface area contributed by atoms with Crippen LogP contribution in [0.15, 0.2) is 65.5 Å². The number of alkyl halides is 1. The van der Waals surface area contributed by atoms with E-state index < -0.39 is 0 Å². The Morgan fingerprint density at radius 3 is 2.41 bits per heavy atom. The quantitative estimate of drug-likeness (QED) is 0.451. The minimum absolute atomic E-state index is 0.00882. The SMILES string of the molecule is Cc1c(-c2ccccc2)[nH]c(=O)n1C1CCN(Cc2ccccc2)CC1I. The molecule has 1 aromatic heterocycles. The molecule has 1 fully saturated rings. The predicted octanol–water partition coefficient (Wildman–Crippen LogP) is 4.40. The number of hydrogen-bond donors (Lipinski definition) is 1. The molecule has 1 aliphatic heterocycles. The van der Waals surface area contributed by atoms with Crippen LogP contribution in [0.3, 0.4) is 0 Å². The second-order valence-electron chi connectivity index (χ2n) is 7.22. The molecule has 2 unspecified atom stereocenters. The van der Waals surface area contributed by atoms with Crippen molar-refractivity contribution < 1.29 is 0 Å². The largest absolute Gasteiger partial charge is 0.326 e. The Morgan fingerprint density at radius 1 is 1.07 bits per heavy atom. The minimum atomic E-state index is 0.00882. The second-order valence-corrected chi connectivity index (χ2v) is 8.82. The highest BCUT2D eigenvalue weighted by molar-refractivity contribution is 14.1. The lowest BCUT2D eigenvalue weighted by Crippen LogP contribution is -2.43. The van der Waals surface area contributed by atoms with Gasteiger partial charge in [-0.2, -0.15) is 0 Å². The molecule has 2 heterocycles. The van der Waals surface area contributed by atoms with Gasteiger partial charge in [-0.05, 0) is 24.5 Å². The van der Waals surface area contributed by atoms with E-state index in [1.165, 1.54) is 5.56 Å². The number of aromatic nitrogens is 2. The Bertz CT molecular complexity index is 949. The maximum Gasteiger partial charge on any atom is 0.326 e. The fourth-order valence-electron chi connectivity index (χ4n) is 4.05. The molecule has 27 heavy (non-hydrogen) atoms. The summed E-state index contributed by atoms with van der Waals surface area (Å²) in [6, 6.07) is 21.0. The van der Waals surface area contributed by atoms with Gasteiger partial charge in [0.1, 0.15) is 0 Å². The van der Waals surface area contributed by atoms with Gasteiger partial charge in [-0.25, -0.2) is 4.79 Å². The first-order valence-electron chi connectivity index (χ1n) is 9.40. The normalized spacial score (nSPS) is 20.7. The van der Waals surface area contributed by atoms with Crippen LogP contribution in [0.1, 0.15) is 23.7 Å². The molecular formula is C22H24IN3O. The van der Waals surface area contributed by atoms with Crippen molar-refractivity contribution in [2.45, 2.75) is 29.9 Å². The van der Waals surface area contributed by atoms with Crippen molar-refractivity contribution in [3.8, 4) is 11.3 Å². The molecule has 1 saturated heterocycles. The second kappa shape index (κ2) is 8.02. The summed E-state index contributed by atoms with van der Waals surface area (Å²) in [7, 11) is 0. The third-order valence-corrected chi connectivity index (χ3v) is 6.63. The van der Waals surface area contributed by atoms with Crippen LogP contribution < -0.4 is 5.69 Å². The first-order valence-corrected chi connectivity index (χ1v) is 10.6. The van der Waals surface area contributed by atoms with Crippen molar-refractivity contribution in [2.24, 2.45) is 0 Å². The monoisotopic (exact) mass is 473 g/mol. The molecule has 140 valence electrons. The maximum absolute atomic E-state index is 12.7. The summed E-state index contributed by atoms with van der Waals surface area (Å²) in [4.78, 5) is 18.3. The van der Waals surface area contributed by atoms with E-state index in [4.69, 9.17) is 0 Å². The fourth-order valence-corrected chi connectivity index (χ4v) is 5.29. The highest BCUT2D eigenvalue weighted by Gasteiger charge is 2.31. The summed E-state index contributed by atoms with van der Waals surface area (Å²) in [6.07, 6.45) is 0.993. The standard InChI is InChI=1S/C22H24IN3O/c1-16-21(18-10-6-3-7-11-18)24-22(27)26(16)20-12-13-25(15-19(20)23)14-17-8-4-2-5-9-17/h2-11,19-20H,12-15H2,1H3,(H,24,27). The van der Waals surface area contributed by atoms with Gasteiger partial charge in [-0.3, -0.25) is 9.47 Å². The van der Waals surface area contributed by atoms with E-state index in [9.17, 15) is 4.79 Å². The number of halogens is 1. The van der Waals surface area contributed by atoms with Crippen molar-refractivity contribution in [2.75, 3.05) is 13.1 Å². The Labute approximate surface area is 173 Å². The average Bonchev–Trinajstić information content (AvgIpc) is 2.98. The van der Waals surface area contributed by atoms with Crippen LogP contribution in [0.2, 0.25) is 0 Å². The van der Waals surface area contributed by atoms with Gasteiger partial charge in [0.15, 0.2) is 0 Å². The van der Waals surface area contributed by atoms with Crippen molar-refractivity contribution in [3.63, 3.8) is 0 Å². The van der Waals surface area contributed by atoms with Gasteiger partial charge in [0, 0.05) is 29.3 Å². The summed E-state index contributed by atoms with van der Waals surface area (Å²) in [6.45, 7) is 5.04. The van der Waals surface area contributed by atoms with Crippen LogP contribution >= 0.6 is 22.6 Å². The molecule has 1 N–H and O–H groups in total. The first kappa shape index (κ1) is 18.5. The van der Waals surface area contributed by atoms with Gasteiger partial charge in [0.2, 0.25) is 0 Å². The number of nitrogens with one attached hydrogen (secondary N) is 1. The summed E-state index contributed by atoms with van der Waals surface area (Å²) < 4.78 is 2.38. The first-order chi connectivity index (χ1) is 13.1. The zero-order chi connectivity index (χ0) is 18.8. The molecule has 1 aliphatic rings. The maximum atomic E-state index is 12.7. The minimum Gasteiger partial charge on any atom is -0.305 e. The van der Waals surface area contributed by atoms with Crippen LogP contribution in [0.4, 0.5) is 0 Å². The van der Waals surface area contributed by atoms with Crippen LogP contribution in [0.5, 0.6) is 0 Å². The molecule has 0 spiro atoms. The van der Waals surface area contributed by atoms with Gasteiger partial charge in [0.25, 0.3) is 0 Å². The number of likely N-dealkylation sites (tertiary alicyclic amines) is 1. The smallest absolute Gasteiger partial charge is 0.305 e. The number of hydrogen-bond acceptors (Lipinski definition) is 2. The number of H-pyrrole nitrogens is 1. The molecule has 0 aliphatic carbocycles. The lowest BCUT2D eigenvalue weighted by Gasteiger charge is -2.36. The van der Waals surface area contributed by atoms with Crippen molar-refractivity contribution in [1.29, 1.82) is 0 Å². The summed E-state index contributed by atoms with van der Waals surface area (Å²) in [5, 5.41) is 0. The number of nitrogens with zero attached hydrogens (tertiary/aromatic N) is 2. The molecule has 5 heteroatoms. The van der Waals surface area contributed by atoms with Gasteiger partial charge in [-0.15, -0.1) is 0 Å². The van der Waals surface area contributed by atoms with Crippen LogP contribution in [-0.4, -0.2) is 31.5 Å². The Hall–Kier alpha value is -1.86. The predicted molar refractivity (Wildman–Crippen MR) is 118 cm³/mol. The zero-order valence-corrected chi connectivity index (χ0v) is 17.6. The van der Waals surface area contributed by atoms with Gasteiger partial charge < -0.3 is 4.98 Å². The highest BCUT2D eigenvalue weighted by atomic mass is 127. The molecule has 0 amide bonds. The third-order valence-electron chi connectivity index (χ3n) is 5.41. The fraction of sp³-hybridized carbons (Fsp3) is 0.318. The summed E-state index contributed by atoms with van der Waals surface area (Å²) in [5.41, 5.74) is 4.40. The molecule has 0 radical (unpaired) electrons. The third kappa shape index (κ3) is 3.89. The van der Waals surface area contributed by atoms with Crippen LogP contribution in [0, 0.1) is 6.92 Å². The average molecular weight is 473 g/mol. The van der Waals surface area contributed by atoms with Crippen LogP contribution in [-0.2, 0) is 6.54 Å².